The Morgan fingerprint density at radius 3 is 2.33 bits per heavy atom. The number of piperidine rings is 1. The van der Waals surface area contributed by atoms with Gasteiger partial charge in [-0.1, -0.05) is 6.42 Å². The number of hydrogen-bond acceptors (Lipinski definition) is 3. The Kier molecular flexibility index (Phi) is 4.98. The van der Waals surface area contributed by atoms with Gasteiger partial charge in [0.1, 0.15) is 0 Å². The Morgan fingerprint density at radius 1 is 1.20 bits per heavy atom. The summed E-state index contributed by atoms with van der Waals surface area (Å²) in [4.78, 5) is 2.31. The van der Waals surface area contributed by atoms with E-state index in [-0.39, 0.29) is 0 Å². The van der Waals surface area contributed by atoms with E-state index in [0.29, 0.717) is 6.54 Å². The highest BCUT2D eigenvalue weighted by molar-refractivity contribution is 7.87. The first kappa shape index (κ1) is 12.9. The fraction of sp³-hybridized carbons (Fsp3) is 1.00. The van der Waals surface area contributed by atoms with E-state index in [1.165, 1.54) is 37.7 Å². The average molecular weight is 235 g/mol. The summed E-state index contributed by atoms with van der Waals surface area (Å²) in [6, 6.07) is 0. The zero-order chi connectivity index (χ0) is 11.3. The number of hydrogen-bond donors (Lipinski definition) is 1. The van der Waals surface area contributed by atoms with Crippen molar-refractivity contribution < 1.29 is 8.42 Å². The Balaban J connectivity index is 2.20. The highest BCUT2D eigenvalue weighted by Gasteiger charge is 2.14. The lowest BCUT2D eigenvalue weighted by atomic mass is 10.1. The van der Waals surface area contributed by atoms with Crippen LogP contribution in [0.3, 0.4) is 0 Å². The minimum absolute atomic E-state index is 0.501. The Hall–Kier alpha value is -0.170. The van der Waals surface area contributed by atoms with Crippen molar-refractivity contribution >= 4 is 10.2 Å². The molecular weight excluding hydrogens is 214 g/mol. The summed E-state index contributed by atoms with van der Waals surface area (Å²) in [5, 5.41) is 0. The molecule has 1 saturated heterocycles. The van der Waals surface area contributed by atoms with Crippen molar-refractivity contribution in [3.63, 3.8) is 0 Å². The molecule has 5 nitrogen and oxygen atoms in total. The fourth-order valence-electron chi connectivity index (χ4n) is 1.64. The molecule has 0 saturated carbocycles. The van der Waals surface area contributed by atoms with Gasteiger partial charge in [0.2, 0.25) is 0 Å². The molecule has 0 amide bonds. The summed E-state index contributed by atoms with van der Waals surface area (Å²) in [7, 11) is -0.180. The number of likely N-dealkylation sites (tertiary alicyclic amines) is 1. The van der Waals surface area contributed by atoms with E-state index in [4.69, 9.17) is 0 Å². The van der Waals surface area contributed by atoms with Gasteiger partial charge in [-0.2, -0.15) is 12.7 Å². The van der Waals surface area contributed by atoms with Crippen LogP contribution in [0.25, 0.3) is 0 Å². The third-order valence-electron chi connectivity index (χ3n) is 2.64. The molecule has 0 bridgehead atoms. The maximum atomic E-state index is 11.4. The topological polar surface area (TPSA) is 52.7 Å². The maximum Gasteiger partial charge on any atom is 0.278 e. The van der Waals surface area contributed by atoms with Crippen LogP contribution < -0.4 is 4.72 Å². The quantitative estimate of drug-likeness (QED) is 0.722. The predicted molar refractivity (Wildman–Crippen MR) is 60.9 cm³/mol. The van der Waals surface area contributed by atoms with Crippen molar-refractivity contribution in [2.45, 2.75) is 19.3 Å². The molecule has 0 aromatic rings. The average Bonchev–Trinajstić information content (AvgIpc) is 2.19. The van der Waals surface area contributed by atoms with E-state index in [1.54, 1.807) is 0 Å². The summed E-state index contributed by atoms with van der Waals surface area (Å²) >= 11 is 0. The molecule has 90 valence electrons. The molecule has 0 radical (unpaired) electrons. The van der Waals surface area contributed by atoms with Crippen molar-refractivity contribution in [2.75, 3.05) is 40.3 Å². The van der Waals surface area contributed by atoms with Gasteiger partial charge in [-0.3, -0.25) is 0 Å². The monoisotopic (exact) mass is 235 g/mol. The Bertz CT molecular complexity index is 271. The van der Waals surface area contributed by atoms with Gasteiger partial charge >= 0.3 is 0 Å². The second-order valence-electron chi connectivity index (χ2n) is 4.08. The van der Waals surface area contributed by atoms with Gasteiger partial charge in [0, 0.05) is 27.2 Å². The molecule has 0 unspecified atom stereocenters. The molecule has 1 heterocycles. The zero-order valence-electron chi connectivity index (χ0n) is 9.57. The minimum Gasteiger partial charge on any atom is -0.302 e. The number of nitrogens with one attached hydrogen (secondary N) is 1. The second-order valence-corrected chi connectivity index (χ2v) is 6.05. The van der Waals surface area contributed by atoms with Crippen LogP contribution in [-0.2, 0) is 10.2 Å². The van der Waals surface area contributed by atoms with E-state index in [1.807, 2.05) is 0 Å². The zero-order valence-corrected chi connectivity index (χ0v) is 10.4. The number of rotatable bonds is 5. The lowest BCUT2D eigenvalue weighted by Gasteiger charge is -2.26. The molecule has 1 N–H and O–H groups in total. The van der Waals surface area contributed by atoms with E-state index in [2.05, 4.69) is 9.62 Å². The van der Waals surface area contributed by atoms with E-state index < -0.39 is 10.2 Å². The summed E-state index contributed by atoms with van der Waals surface area (Å²) in [5.74, 6) is 0. The van der Waals surface area contributed by atoms with Crippen LogP contribution in [0.2, 0.25) is 0 Å². The molecule has 1 rings (SSSR count). The van der Waals surface area contributed by atoms with Crippen molar-refractivity contribution in [1.29, 1.82) is 0 Å². The lowest BCUT2D eigenvalue weighted by molar-refractivity contribution is 0.232. The van der Waals surface area contributed by atoms with Gasteiger partial charge in [-0.25, -0.2) is 4.72 Å². The molecule has 6 heteroatoms. The Labute approximate surface area is 92.6 Å². The van der Waals surface area contributed by atoms with Crippen LogP contribution in [0, 0.1) is 0 Å². The molecule has 1 aliphatic rings. The van der Waals surface area contributed by atoms with Crippen LogP contribution in [0.5, 0.6) is 0 Å². The SMILES string of the molecule is CN(C)S(=O)(=O)NCCN1CCCCC1. The molecule has 1 aliphatic heterocycles. The summed E-state index contributed by atoms with van der Waals surface area (Å²) in [6.07, 6.45) is 3.78. The lowest BCUT2D eigenvalue weighted by Crippen LogP contribution is -2.41. The van der Waals surface area contributed by atoms with Gasteiger partial charge < -0.3 is 4.90 Å². The minimum atomic E-state index is -3.24. The molecule has 0 aliphatic carbocycles. The van der Waals surface area contributed by atoms with Crippen LogP contribution in [0.15, 0.2) is 0 Å². The molecule has 0 aromatic heterocycles. The third-order valence-corrected chi connectivity index (χ3v) is 4.17. The van der Waals surface area contributed by atoms with E-state index in [0.717, 1.165) is 19.6 Å². The highest BCUT2D eigenvalue weighted by atomic mass is 32.2. The van der Waals surface area contributed by atoms with Gasteiger partial charge in [-0.15, -0.1) is 0 Å². The molecule has 0 spiro atoms. The first-order chi connectivity index (χ1) is 7.02. The predicted octanol–water partition coefficient (Wildman–Crippen LogP) is -0.132. The number of nitrogens with zero attached hydrogens (tertiary/aromatic N) is 2. The van der Waals surface area contributed by atoms with Gasteiger partial charge in [0.25, 0.3) is 10.2 Å². The Morgan fingerprint density at radius 2 is 1.80 bits per heavy atom. The molecule has 0 aromatic carbocycles. The van der Waals surface area contributed by atoms with Crippen LogP contribution in [0.4, 0.5) is 0 Å². The van der Waals surface area contributed by atoms with Crippen molar-refractivity contribution in [1.82, 2.24) is 13.9 Å². The van der Waals surface area contributed by atoms with Crippen molar-refractivity contribution in [3.05, 3.63) is 0 Å². The van der Waals surface area contributed by atoms with E-state index in [9.17, 15) is 8.42 Å². The fourth-order valence-corrected chi connectivity index (χ4v) is 2.25. The molecule has 0 atom stereocenters. The standard InChI is InChI=1S/C9H21N3O2S/c1-11(2)15(13,14)10-6-9-12-7-4-3-5-8-12/h10H,3-9H2,1-2H3. The molecular formula is C9H21N3O2S. The normalized spacial score (nSPS) is 19.7. The van der Waals surface area contributed by atoms with Crippen molar-refractivity contribution in [3.8, 4) is 0 Å². The van der Waals surface area contributed by atoms with Gasteiger partial charge in [0.15, 0.2) is 0 Å². The summed E-state index contributed by atoms with van der Waals surface area (Å²) in [5.41, 5.74) is 0. The molecule has 1 fully saturated rings. The third kappa shape index (κ3) is 4.46. The largest absolute Gasteiger partial charge is 0.302 e. The maximum absolute atomic E-state index is 11.4. The molecule has 15 heavy (non-hydrogen) atoms. The van der Waals surface area contributed by atoms with Crippen LogP contribution in [0.1, 0.15) is 19.3 Å². The highest BCUT2D eigenvalue weighted by Crippen LogP contribution is 2.07. The second kappa shape index (κ2) is 5.79. The van der Waals surface area contributed by atoms with Crippen LogP contribution >= 0.6 is 0 Å². The van der Waals surface area contributed by atoms with Gasteiger partial charge in [0.05, 0.1) is 0 Å². The van der Waals surface area contributed by atoms with Gasteiger partial charge in [-0.05, 0) is 25.9 Å². The summed E-state index contributed by atoms with van der Waals surface area (Å²) < 4.78 is 26.5. The first-order valence-corrected chi connectivity index (χ1v) is 6.86. The first-order valence-electron chi connectivity index (χ1n) is 5.42. The summed E-state index contributed by atoms with van der Waals surface area (Å²) in [6.45, 7) is 3.51. The smallest absolute Gasteiger partial charge is 0.278 e. The van der Waals surface area contributed by atoms with E-state index >= 15 is 0 Å². The van der Waals surface area contributed by atoms with Crippen molar-refractivity contribution in [2.24, 2.45) is 0 Å². The van der Waals surface area contributed by atoms with Crippen LogP contribution in [-0.4, -0.2) is 57.9 Å².